The summed E-state index contributed by atoms with van der Waals surface area (Å²) in [6.07, 6.45) is 68.1. The van der Waals surface area contributed by atoms with Gasteiger partial charge in [-0.15, -0.1) is 0 Å². The Bertz CT molecular complexity index is 2100. The first-order valence-electron chi connectivity index (χ1n) is 45.8. The summed E-state index contributed by atoms with van der Waals surface area (Å²) in [5.74, 6) is 1.11. The van der Waals surface area contributed by atoms with E-state index in [-0.39, 0.29) is 25.7 Å². The zero-order valence-electron chi connectivity index (χ0n) is 71.5. The van der Waals surface area contributed by atoms with Crippen molar-refractivity contribution in [3.63, 3.8) is 0 Å². The molecule has 7 atom stereocenters. The summed E-state index contributed by atoms with van der Waals surface area (Å²) >= 11 is 0. The fraction of sp³-hybridized carbons (Fsp3) is 0.955. The van der Waals surface area contributed by atoms with Gasteiger partial charge in [0.2, 0.25) is 0 Å². The molecule has 3 N–H and O–H groups in total. The van der Waals surface area contributed by atoms with Crippen LogP contribution in [0.15, 0.2) is 0 Å². The summed E-state index contributed by atoms with van der Waals surface area (Å²) in [5, 5.41) is 10.7. The number of carbonyl (C=O) groups is 4. The van der Waals surface area contributed by atoms with Crippen molar-refractivity contribution in [1.29, 1.82) is 0 Å². The Kier molecular flexibility index (Phi) is 76.2. The first-order chi connectivity index (χ1) is 52.2. The van der Waals surface area contributed by atoms with Gasteiger partial charge in [-0.2, -0.15) is 0 Å². The third-order valence-electron chi connectivity index (χ3n) is 21.5. The van der Waals surface area contributed by atoms with Gasteiger partial charge in [0.25, 0.3) is 0 Å². The molecule has 0 fully saturated rings. The summed E-state index contributed by atoms with van der Waals surface area (Å²) in [6, 6.07) is 0. The van der Waals surface area contributed by atoms with Crippen molar-refractivity contribution in [3.05, 3.63) is 0 Å². The Balaban J connectivity index is 5.21. The monoisotopic (exact) mass is 1580 g/mol. The predicted molar refractivity (Wildman–Crippen MR) is 446 cm³/mol. The molecule has 0 heterocycles. The second-order valence-corrected chi connectivity index (χ2v) is 36.3. The second kappa shape index (κ2) is 77.6. The number of phosphoric acid groups is 2. The molecule has 0 amide bonds. The highest BCUT2D eigenvalue weighted by Gasteiger charge is 2.31. The van der Waals surface area contributed by atoms with Gasteiger partial charge in [-0.05, 0) is 49.4 Å². The van der Waals surface area contributed by atoms with Crippen molar-refractivity contribution >= 4 is 39.5 Å². The molecule has 0 aliphatic heterocycles. The minimum absolute atomic E-state index is 0.107. The SMILES string of the molecule is CCC(C)CCCCCCCCCCCCCCCCCCCCC(=O)O[C@H](COC(=O)CCCCCCCCC(C)CC)COP(=O)(O)OC[C@H](O)COP(=O)(O)OC[C@@H](COC(=O)CCCCCCCCCCCCCCCCCC(C)C)OC(=O)CCCCCCCCCCCCCCCCCC(C)C. The molecule has 0 aromatic rings. The predicted octanol–water partition coefficient (Wildman–Crippen LogP) is 27.1. The molecule has 4 unspecified atom stereocenters. The van der Waals surface area contributed by atoms with E-state index in [0.29, 0.717) is 25.7 Å². The van der Waals surface area contributed by atoms with Crippen molar-refractivity contribution in [1.82, 2.24) is 0 Å². The van der Waals surface area contributed by atoms with E-state index in [9.17, 15) is 43.2 Å². The molecule has 17 nitrogen and oxygen atoms in total. The lowest BCUT2D eigenvalue weighted by atomic mass is 9.99. The molecule has 0 saturated heterocycles. The molecule has 0 rings (SSSR count). The maximum atomic E-state index is 13.2. The van der Waals surface area contributed by atoms with Crippen LogP contribution in [-0.2, 0) is 65.4 Å². The van der Waals surface area contributed by atoms with Gasteiger partial charge < -0.3 is 33.8 Å². The minimum Gasteiger partial charge on any atom is -0.462 e. The van der Waals surface area contributed by atoms with Crippen molar-refractivity contribution in [2.45, 2.75) is 485 Å². The van der Waals surface area contributed by atoms with E-state index in [0.717, 1.165) is 120 Å². The molecule has 0 radical (unpaired) electrons. The molecule has 108 heavy (non-hydrogen) atoms. The van der Waals surface area contributed by atoms with Gasteiger partial charge in [-0.3, -0.25) is 37.3 Å². The van der Waals surface area contributed by atoms with Crippen LogP contribution in [0.1, 0.15) is 466 Å². The number of esters is 4. The Morgan fingerprint density at radius 1 is 0.259 bits per heavy atom. The molecule has 0 aliphatic rings. The molecule has 0 aromatic heterocycles. The van der Waals surface area contributed by atoms with Crippen LogP contribution < -0.4 is 0 Å². The van der Waals surface area contributed by atoms with Gasteiger partial charge >= 0.3 is 39.5 Å². The number of aliphatic hydroxyl groups is 1. The van der Waals surface area contributed by atoms with E-state index < -0.39 is 97.5 Å². The van der Waals surface area contributed by atoms with E-state index in [1.807, 2.05) is 0 Å². The average molecular weight is 1580 g/mol. The number of aliphatic hydroxyl groups excluding tert-OH is 1. The fourth-order valence-electron chi connectivity index (χ4n) is 13.8. The summed E-state index contributed by atoms with van der Waals surface area (Å²) in [7, 11) is -9.93. The number of rotatable bonds is 86. The number of ether oxygens (including phenoxy) is 4. The fourth-order valence-corrected chi connectivity index (χ4v) is 15.4. The molecule has 0 bridgehead atoms. The molecular formula is C89H174O17P2. The number of unbranched alkanes of at least 4 members (excludes halogenated alkanes) is 50. The minimum atomic E-state index is -4.97. The van der Waals surface area contributed by atoms with Crippen LogP contribution in [0, 0.1) is 23.7 Å². The Morgan fingerprint density at radius 2 is 0.444 bits per heavy atom. The largest absolute Gasteiger partial charge is 0.472 e. The van der Waals surface area contributed by atoms with Gasteiger partial charge in [0.15, 0.2) is 12.2 Å². The van der Waals surface area contributed by atoms with Crippen LogP contribution in [0.4, 0.5) is 0 Å². The van der Waals surface area contributed by atoms with Gasteiger partial charge in [0.05, 0.1) is 26.4 Å². The number of carbonyl (C=O) groups excluding carboxylic acids is 4. The highest BCUT2D eigenvalue weighted by molar-refractivity contribution is 7.47. The van der Waals surface area contributed by atoms with Crippen LogP contribution in [0.5, 0.6) is 0 Å². The average Bonchev–Trinajstić information content (AvgIpc) is 0.899. The Morgan fingerprint density at radius 3 is 0.657 bits per heavy atom. The zero-order valence-corrected chi connectivity index (χ0v) is 73.3. The lowest BCUT2D eigenvalue weighted by Gasteiger charge is -2.21. The number of hydrogen-bond acceptors (Lipinski definition) is 15. The van der Waals surface area contributed by atoms with E-state index in [1.54, 1.807) is 0 Å². The van der Waals surface area contributed by atoms with E-state index in [4.69, 9.17) is 37.0 Å². The van der Waals surface area contributed by atoms with E-state index in [2.05, 4.69) is 55.4 Å². The molecular weight excluding hydrogens is 1400 g/mol. The van der Waals surface area contributed by atoms with Gasteiger partial charge in [0.1, 0.15) is 19.3 Å². The Labute approximate surface area is 664 Å². The second-order valence-electron chi connectivity index (χ2n) is 33.4. The first kappa shape index (κ1) is 106. The number of hydrogen-bond donors (Lipinski definition) is 3. The third-order valence-corrected chi connectivity index (χ3v) is 23.4. The maximum absolute atomic E-state index is 13.2. The lowest BCUT2D eigenvalue weighted by Crippen LogP contribution is -2.30. The highest BCUT2D eigenvalue weighted by atomic mass is 31.2. The van der Waals surface area contributed by atoms with Crippen LogP contribution in [0.3, 0.4) is 0 Å². The molecule has 0 spiro atoms. The molecule has 0 aliphatic carbocycles. The summed E-state index contributed by atoms with van der Waals surface area (Å²) in [4.78, 5) is 73.3. The van der Waals surface area contributed by atoms with E-state index >= 15 is 0 Å². The summed E-state index contributed by atoms with van der Waals surface area (Å²) in [6.45, 7) is 14.4. The highest BCUT2D eigenvalue weighted by Crippen LogP contribution is 2.45. The van der Waals surface area contributed by atoms with Gasteiger partial charge in [0, 0.05) is 25.7 Å². The van der Waals surface area contributed by atoms with Crippen molar-refractivity contribution in [2.75, 3.05) is 39.6 Å². The molecule has 0 aromatic carbocycles. The summed E-state index contributed by atoms with van der Waals surface area (Å²) < 4.78 is 69.0. The Hall–Kier alpha value is -1.94. The smallest absolute Gasteiger partial charge is 0.462 e. The van der Waals surface area contributed by atoms with Crippen LogP contribution in [0.2, 0.25) is 0 Å². The van der Waals surface area contributed by atoms with Gasteiger partial charge in [-0.25, -0.2) is 9.13 Å². The first-order valence-corrected chi connectivity index (χ1v) is 48.8. The topological polar surface area (TPSA) is 237 Å². The van der Waals surface area contributed by atoms with E-state index in [1.165, 1.54) is 263 Å². The van der Waals surface area contributed by atoms with Crippen molar-refractivity contribution < 1.29 is 80.2 Å². The number of phosphoric ester groups is 2. The standard InChI is InChI=1S/C89H174O17P2/c1-9-81(7)67-59-51-43-37-31-25-19-13-11-12-14-20-27-33-39-45-55-63-72-89(94)106-85(76-100-87(92)70-62-54-48-47-52-60-68-82(8)10-2)78-104-108(97,98)102-74-83(90)73-101-107(95,96)103-77-84(105-88(93)71-64-56-46-40-34-28-22-16-18-24-30-36-42-50-58-66-80(5)6)75-99-86(91)69-61-53-44-38-32-26-21-15-17-23-29-35-41-49-57-65-79(3)4/h79-85,90H,9-78H2,1-8H3,(H,95,96)(H,97,98)/t81?,82?,83-,84-,85-/m1/s1. The zero-order chi connectivity index (χ0) is 79.5. The lowest BCUT2D eigenvalue weighted by molar-refractivity contribution is -0.161. The van der Waals surface area contributed by atoms with Crippen LogP contribution in [-0.4, -0.2) is 96.7 Å². The van der Waals surface area contributed by atoms with Crippen LogP contribution in [0.25, 0.3) is 0 Å². The van der Waals surface area contributed by atoms with Crippen molar-refractivity contribution in [3.8, 4) is 0 Å². The quantitative estimate of drug-likeness (QED) is 0.0222. The normalized spacial score (nSPS) is 14.4. The molecule has 642 valence electrons. The van der Waals surface area contributed by atoms with Gasteiger partial charge in [-0.1, -0.05) is 415 Å². The summed E-state index contributed by atoms with van der Waals surface area (Å²) in [5.41, 5.74) is 0. The third kappa shape index (κ3) is 79.3. The molecule has 19 heteroatoms. The molecule has 0 saturated carbocycles. The maximum Gasteiger partial charge on any atom is 0.472 e. The van der Waals surface area contributed by atoms with Crippen molar-refractivity contribution in [2.24, 2.45) is 23.7 Å². The van der Waals surface area contributed by atoms with Crippen LogP contribution >= 0.6 is 15.6 Å².